The van der Waals surface area contributed by atoms with Crippen molar-refractivity contribution in [3.8, 4) is 0 Å². The normalized spacial score (nSPS) is 15.1. The number of hydrogen-bond acceptors (Lipinski definition) is 2. The van der Waals surface area contributed by atoms with Gasteiger partial charge in [0.25, 0.3) is 0 Å². The molecule has 1 atom stereocenters. The molecule has 0 saturated carbocycles. The summed E-state index contributed by atoms with van der Waals surface area (Å²) < 4.78 is 4.14. The van der Waals surface area contributed by atoms with Crippen molar-refractivity contribution in [1.29, 1.82) is 0 Å². The van der Waals surface area contributed by atoms with Gasteiger partial charge in [-0.25, -0.2) is 4.40 Å². The third-order valence-corrected chi connectivity index (χ3v) is 1.85. The van der Waals surface area contributed by atoms with E-state index in [2.05, 4.69) is 18.2 Å². The van der Waals surface area contributed by atoms with E-state index in [-0.39, 0.29) is 0 Å². The molecule has 1 unspecified atom stereocenters. The van der Waals surface area contributed by atoms with E-state index in [1.54, 1.807) is 0 Å². The first-order valence-electron chi connectivity index (χ1n) is 3.61. The van der Waals surface area contributed by atoms with Gasteiger partial charge in [-0.15, -0.1) is 0 Å². The largest absolute Gasteiger partial charge is 0.224 e. The van der Waals surface area contributed by atoms with Crippen molar-refractivity contribution in [2.75, 3.05) is 0 Å². The molecule has 2 heteroatoms. The van der Waals surface area contributed by atoms with Crippen LogP contribution in [0, 0.1) is 5.92 Å². The van der Waals surface area contributed by atoms with Crippen molar-refractivity contribution in [2.24, 2.45) is 10.3 Å². The zero-order valence-electron chi connectivity index (χ0n) is 6.87. The molecule has 0 N–H and O–H groups in total. The van der Waals surface area contributed by atoms with Crippen LogP contribution in [-0.2, 0) is 0 Å². The summed E-state index contributed by atoms with van der Waals surface area (Å²) in [7, 11) is 0. The molecule has 0 amide bonds. The summed E-state index contributed by atoms with van der Waals surface area (Å²) >= 11 is 1.49. The van der Waals surface area contributed by atoms with Crippen molar-refractivity contribution in [3.05, 3.63) is 11.5 Å². The van der Waals surface area contributed by atoms with E-state index in [1.807, 2.05) is 24.6 Å². The van der Waals surface area contributed by atoms with Crippen molar-refractivity contribution in [3.63, 3.8) is 0 Å². The molecular formula is C8H15NS. The molecule has 0 aliphatic rings. The fourth-order valence-electron chi connectivity index (χ4n) is 0.340. The maximum Gasteiger partial charge on any atom is 0.0158 e. The smallest absolute Gasteiger partial charge is 0.0158 e. The predicted molar refractivity (Wildman–Crippen MR) is 50.4 cm³/mol. The lowest BCUT2D eigenvalue weighted by Crippen LogP contribution is -1.90. The van der Waals surface area contributed by atoms with Gasteiger partial charge in [0.2, 0.25) is 0 Å². The van der Waals surface area contributed by atoms with E-state index in [9.17, 15) is 0 Å². The molecule has 10 heavy (non-hydrogen) atoms. The van der Waals surface area contributed by atoms with Crippen molar-refractivity contribution in [1.82, 2.24) is 0 Å². The lowest BCUT2D eigenvalue weighted by Gasteiger charge is -1.95. The van der Waals surface area contributed by atoms with Crippen LogP contribution < -0.4 is 0 Å². The first-order valence-corrected chi connectivity index (χ1v) is 4.45. The van der Waals surface area contributed by atoms with Gasteiger partial charge in [0, 0.05) is 18.2 Å². The Kier molecular flexibility index (Phi) is 6.71. The monoisotopic (exact) mass is 157 g/mol. The van der Waals surface area contributed by atoms with Gasteiger partial charge in [-0.05, 0) is 24.7 Å². The lowest BCUT2D eigenvalue weighted by molar-refractivity contribution is 0.756. The fraction of sp³-hybridized carbons (Fsp3) is 0.625. The number of nitrogens with zero attached hydrogens (tertiary/aromatic N) is 1. The molecule has 0 radical (unpaired) electrons. The number of allylic oxidation sites excluding steroid dienone is 1. The predicted octanol–water partition coefficient (Wildman–Crippen LogP) is 3.29. The molecule has 0 spiro atoms. The molecule has 58 valence electrons. The molecule has 0 saturated heterocycles. The molecule has 0 bridgehead atoms. The maximum atomic E-state index is 4.14. The van der Waals surface area contributed by atoms with Gasteiger partial charge >= 0.3 is 0 Å². The molecule has 0 aliphatic carbocycles. The standard InChI is InChI=1S/C8H15NS/c1-4-6-10-9-7-8(3)5-2/h4,6-8H,5H2,1-3H3/b6-4-,9-7-. The quantitative estimate of drug-likeness (QED) is 0.450. The highest BCUT2D eigenvalue weighted by Gasteiger charge is 1.89. The van der Waals surface area contributed by atoms with Crippen LogP contribution in [-0.4, -0.2) is 6.21 Å². The molecule has 0 heterocycles. The Labute approximate surface area is 67.8 Å². The van der Waals surface area contributed by atoms with Crippen LogP contribution in [0.1, 0.15) is 27.2 Å². The highest BCUT2D eigenvalue weighted by atomic mass is 32.2. The molecule has 0 aromatic rings. The van der Waals surface area contributed by atoms with E-state index >= 15 is 0 Å². The van der Waals surface area contributed by atoms with Crippen LogP contribution in [0.15, 0.2) is 15.9 Å². The van der Waals surface area contributed by atoms with Crippen LogP contribution in [0.2, 0.25) is 0 Å². The molecule has 0 aromatic carbocycles. The van der Waals surface area contributed by atoms with Crippen LogP contribution in [0.5, 0.6) is 0 Å². The van der Waals surface area contributed by atoms with Gasteiger partial charge in [-0.2, -0.15) is 0 Å². The number of hydrogen-bond donors (Lipinski definition) is 0. The topological polar surface area (TPSA) is 12.4 Å². The van der Waals surface area contributed by atoms with Crippen molar-refractivity contribution < 1.29 is 0 Å². The summed E-state index contributed by atoms with van der Waals surface area (Å²) in [4.78, 5) is 0. The zero-order valence-corrected chi connectivity index (χ0v) is 7.69. The SMILES string of the molecule is C/C=C\S/N=C\C(C)CC. The summed E-state index contributed by atoms with van der Waals surface area (Å²) in [5.41, 5.74) is 0. The Morgan fingerprint density at radius 2 is 2.30 bits per heavy atom. The molecule has 0 aliphatic heterocycles. The third-order valence-electron chi connectivity index (χ3n) is 1.22. The second-order valence-corrected chi connectivity index (χ2v) is 2.91. The highest BCUT2D eigenvalue weighted by Crippen LogP contribution is 2.04. The lowest BCUT2D eigenvalue weighted by atomic mass is 10.1. The minimum Gasteiger partial charge on any atom is -0.224 e. The Hall–Kier alpha value is -0.240. The van der Waals surface area contributed by atoms with E-state index in [0.717, 1.165) is 0 Å². The average molecular weight is 157 g/mol. The second-order valence-electron chi connectivity index (χ2n) is 2.21. The summed E-state index contributed by atoms with van der Waals surface area (Å²) in [5, 5.41) is 1.97. The summed E-state index contributed by atoms with van der Waals surface area (Å²) in [6, 6.07) is 0. The second kappa shape index (κ2) is 6.87. The zero-order chi connectivity index (χ0) is 7.82. The Balaban J connectivity index is 3.35. The van der Waals surface area contributed by atoms with Crippen LogP contribution in [0.25, 0.3) is 0 Å². The Bertz CT molecular complexity index is 118. The molecule has 0 aromatic heterocycles. The molecule has 1 nitrogen and oxygen atoms in total. The minimum absolute atomic E-state index is 0.609. The van der Waals surface area contributed by atoms with E-state index in [0.29, 0.717) is 5.92 Å². The maximum absolute atomic E-state index is 4.14. The van der Waals surface area contributed by atoms with Gasteiger partial charge < -0.3 is 0 Å². The van der Waals surface area contributed by atoms with E-state index < -0.39 is 0 Å². The van der Waals surface area contributed by atoms with E-state index in [1.165, 1.54) is 18.4 Å². The van der Waals surface area contributed by atoms with Crippen LogP contribution >= 0.6 is 11.9 Å². The first-order chi connectivity index (χ1) is 4.81. The van der Waals surface area contributed by atoms with E-state index in [4.69, 9.17) is 0 Å². The van der Waals surface area contributed by atoms with Gasteiger partial charge in [-0.1, -0.05) is 19.9 Å². The molecular weight excluding hydrogens is 142 g/mol. The number of rotatable bonds is 4. The Morgan fingerprint density at radius 3 is 2.80 bits per heavy atom. The highest BCUT2D eigenvalue weighted by molar-refractivity contribution is 8.01. The van der Waals surface area contributed by atoms with Crippen molar-refractivity contribution in [2.45, 2.75) is 27.2 Å². The Morgan fingerprint density at radius 1 is 1.60 bits per heavy atom. The first kappa shape index (κ1) is 9.76. The summed E-state index contributed by atoms with van der Waals surface area (Å²) in [6.45, 7) is 6.32. The molecule has 0 fully saturated rings. The summed E-state index contributed by atoms with van der Waals surface area (Å²) in [6.07, 6.45) is 5.14. The van der Waals surface area contributed by atoms with Gasteiger partial charge in [-0.3, -0.25) is 0 Å². The van der Waals surface area contributed by atoms with Crippen molar-refractivity contribution >= 4 is 18.2 Å². The molecule has 0 rings (SSSR count). The fourth-order valence-corrected chi connectivity index (χ4v) is 0.810. The van der Waals surface area contributed by atoms with Gasteiger partial charge in [0.1, 0.15) is 0 Å². The van der Waals surface area contributed by atoms with Crippen LogP contribution in [0.3, 0.4) is 0 Å². The summed E-state index contributed by atoms with van der Waals surface area (Å²) in [5.74, 6) is 0.609. The minimum atomic E-state index is 0.609. The third kappa shape index (κ3) is 5.89. The average Bonchev–Trinajstić information content (AvgIpc) is 1.98. The van der Waals surface area contributed by atoms with Gasteiger partial charge in [0.05, 0.1) is 0 Å². The van der Waals surface area contributed by atoms with Crippen LogP contribution in [0.4, 0.5) is 0 Å². The van der Waals surface area contributed by atoms with Gasteiger partial charge in [0.15, 0.2) is 0 Å².